The predicted octanol–water partition coefficient (Wildman–Crippen LogP) is 5.78. The molecule has 0 saturated carbocycles. The van der Waals surface area contributed by atoms with Gasteiger partial charge in [0.1, 0.15) is 31.1 Å². The lowest BCUT2D eigenvalue weighted by atomic mass is 9.92. The number of aromatic amines is 1. The molecule has 0 bridgehead atoms. The number of halogens is 1. The molecule has 1 N–H and O–H groups in total. The van der Waals surface area contributed by atoms with Crippen molar-refractivity contribution in [2.75, 3.05) is 33.5 Å². The average Bonchev–Trinajstić information content (AvgIpc) is 3.60. The van der Waals surface area contributed by atoms with E-state index in [1.54, 1.807) is 24.7 Å². The number of aromatic nitrogens is 4. The quantitative estimate of drug-likeness (QED) is 0.224. The number of carbonyl (C=O) groups excluding carboxylic acids is 1. The Morgan fingerprint density at radius 3 is 2.72 bits per heavy atom. The Morgan fingerprint density at radius 1 is 1.08 bits per heavy atom. The van der Waals surface area contributed by atoms with E-state index in [0.717, 1.165) is 60.1 Å². The minimum Gasteiger partial charge on any atom is -0.494 e. The molecule has 0 spiro atoms. The zero-order valence-electron chi connectivity index (χ0n) is 22.1. The summed E-state index contributed by atoms with van der Waals surface area (Å²) in [5.41, 5.74) is 4.16. The van der Waals surface area contributed by atoms with Crippen LogP contribution < -0.4 is 4.74 Å². The lowest BCUT2D eigenvalue weighted by Gasteiger charge is -2.35. The Kier molecular flexibility index (Phi) is 9.00. The van der Waals surface area contributed by atoms with E-state index in [1.807, 2.05) is 47.1 Å². The van der Waals surface area contributed by atoms with E-state index in [-0.39, 0.29) is 18.7 Å². The van der Waals surface area contributed by atoms with Crippen LogP contribution in [0.2, 0.25) is 5.02 Å². The third-order valence-corrected chi connectivity index (χ3v) is 7.28. The largest absolute Gasteiger partial charge is 0.494 e. The van der Waals surface area contributed by atoms with Crippen molar-refractivity contribution in [1.29, 1.82) is 0 Å². The Bertz CT molecular complexity index is 1360. The normalized spacial score (nSPS) is 14.9. The molecule has 9 nitrogen and oxygen atoms in total. The maximum atomic E-state index is 13.1. The zero-order chi connectivity index (χ0) is 27.0. The Labute approximate surface area is 233 Å². The summed E-state index contributed by atoms with van der Waals surface area (Å²) < 4.78 is 18.4. The molecule has 2 aromatic carbocycles. The van der Waals surface area contributed by atoms with E-state index in [9.17, 15) is 4.79 Å². The number of nitrogens with zero attached hydrogens (tertiary/aromatic N) is 4. The number of H-pyrrole nitrogens is 1. The summed E-state index contributed by atoms with van der Waals surface area (Å²) in [6.07, 6.45) is 7.96. The van der Waals surface area contributed by atoms with Crippen LogP contribution in [0.5, 0.6) is 5.75 Å². The van der Waals surface area contributed by atoms with Crippen LogP contribution in [0.1, 0.15) is 48.5 Å². The van der Waals surface area contributed by atoms with Gasteiger partial charge in [0.05, 0.1) is 13.2 Å². The molecule has 3 heterocycles. The van der Waals surface area contributed by atoms with Crippen LogP contribution in [0.3, 0.4) is 0 Å². The van der Waals surface area contributed by atoms with Gasteiger partial charge in [-0.2, -0.15) is 5.10 Å². The number of nitrogens with one attached hydrogen (secondary N) is 1. The molecule has 5 rings (SSSR count). The minimum absolute atomic E-state index is 0.209. The summed E-state index contributed by atoms with van der Waals surface area (Å²) >= 11 is 6.31. The fourth-order valence-electron chi connectivity index (χ4n) is 5.11. The Balaban J connectivity index is 1.25. The lowest BCUT2D eigenvalue weighted by molar-refractivity contribution is 0.0629. The average molecular weight is 552 g/mol. The van der Waals surface area contributed by atoms with E-state index >= 15 is 0 Å². The number of unbranched alkanes of at least 4 members (excludes halogenated alkanes) is 3. The van der Waals surface area contributed by atoms with E-state index in [0.29, 0.717) is 31.2 Å². The van der Waals surface area contributed by atoms with Crippen molar-refractivity contribution >= 4 is 28.6 Å². The standard InChI is InChI=1S/C29H34ClN5O4/c1-37-16-17-39-29(36)35-14-12-24-25-18-22(30)8-11-26(25)33-27(24)28(35)21-6-9-23(10-7-21)38-15-5-3-2-4-13-34-20-31-19-32-34/h6-11,18-20,28,33H,2-5,12-17H2,1H3. The molecule has 0 saturated heterocycles. The molecule has 1 unspecified atom stereocenters. The van der Waals surface area contributed by atoms with Gasteiger partial charge in [-0.15, -0.1) is 0 Å². The molecule has 2 aromatic heterocycles. The molecule has 4 aromatic rings. The molecule has 206 valence electrons. The van der Waals surface area contributed by atoms with Crippen molar-refractivity contribution in [3.8, 4) is 5.75 Å². The first-order valence-corrected chi connectivity index (χ1v) is 13.8. The van der Waals surface area contributed by atoms with Crippen LogP contribution >= 0.6 is 11.6 Å². The van der Waals surface area contributed by atoms with Gasteiger partial charge in [-0.1, -0.05) is 30.2 Å². The summed E-state index contributed by atoms with van der Waals surface area (Å²) in [5, 5.41) is 5.92. The lowest BCUT2D eigenvalue weighted by Crippen LogP contribution is -2.41. The van der Waals surface area contributed by atoms with Gasteiger partial charge in [0.15, 0.2) is 0 Å². The second-order valence-electron chi connectivity index (χ2n) is 9.65. The van der Waals surface area contributed by atoms with E-state index in [4.69, 9.17) is 25.8 Å². The fraction of sp³-hybridized carbons (Fsp3) is 0.414. The van der Waals surface area contributed by atoms with Crippen LogP contribution in [0.15, 0.2) is 55.1 Å². The van der Waals surface area contributed by atoms with Crippen molar-refractivity contribution in [2.45, 2.75) is 44.7 Å². The molecule has 10 heteroatoms. The van der Waals surface area contributed by atoms with Gasteiger partial charge in [0.2, 0.25) is 0 Å². The highest BCUT2D eigenvalue weighted by molar-refractivity contribution is 6.31. The summed E-state index contributed by atoms with van der Waals surface area (Å²) in [6, 6.07) is 13.5. The van der Waals surface area contributed by atoms with Gasteiger partial charge >= 0.3 is 6.09 Å². The predicted molar refractivity (Wildman–Crippen MR) is 149 cm³/mol. The van der Waals surface area contributed by atoms with Crippen molar-refractivity contribution in [2.24, 2.45) is 0 Å². The van der Waals surface area contributed by atoms with Crippen LogP contribution in [0.4, 0.5) is 4.79 Å². The molecular weight excluding hydrogens is 518 g/mol. The Hall–Kier alpha value is -3.56. The van der Waals surface area contributed by atoms with Crippen molar-refractivity contribution < 1.29 is 19.0 Å². The van der Waals surface area contributed by atoms with Crippen molar-refractivity contribution in [1.82, 2.24) is 24.6 Å². The second-order valence-corrected chi connectivity index (χ2v) is 10.1. The first kappa shape index (κ1) is 27.0. The fourth-order valence-corrected chi connectivity index (χ4v) is 5.29. The molecule has 0 fully saturated rings. The van der Waals surface area contributed by atoms with Gasteiger partial charge in [-0.3, -0.25) is 9.58 Å². The number of rotatable bonds is 12. The number of ether oxygens (including phenoxy) is 3. The third kappa shape index (κ3) is 6.54. The van der Waals surface area contributed by atoms with Crippen LogP contribution in [0, 0.1) is 0 Å². The van der Waals surface area contributed by atoms with Gasteiger partial charge < -0.3 is 19.2 Å². The molecule has 1 aliphatic heterocycles. The van der Waals surface area contributed by atoms with Crippen LogP contribution in [-0.4, -0.2) is 64.2 Å². The smallest absolute Gasteiger partial charge is 0.410 e. The van der Waals surface area contributed by atoms with E-state index in [1.165, 1.54) is 5.56 Å². The van der Waals surface area contributed by atoms with E-state index < -0.39 is 0 Å². The number of methoxy groups -OCH3 is 1. The van der Waals surface area contributed by atoms with Crippen molar-refractivity contribution in [3.63, 3.8) is 0 Å². The first-order chi connectivity index (χ1) is 19.1. The monoisotopic (exact) mass is 551 g/mol. The second kappa shape index (κ2) is 13.0. The maximum Gasteiger partial charge on any atom is 0.410 e. The maximum absolute atomic E-state index is 13.1. The van der Waals surface area contributed by atoms with Gasteiger partial charge in [-0.05, 0) is 67.1 Å². The summed E-state index contributed by atoms with van der Waals surface area (Å²) in [4.78, 5) is 22.4. The number of fused-ring (bicyclic) bond motifs is 3. The van der Waals surface area contributed by atoms with Gasteiger partial charge in [-0.25, -0.2) is 9.78 Å². The number of amides is 1. The number of carbonyl (C=O) groups is 1. The third-order valence-electron chi connectivity index (χ3n) is 7.05. The summed E-state index contributed by atoms with van der Waals surface area (Å²) in [7, 11) is 1.59. The highest BCUT2D eigenvalue weighted by Crippen LogP contribution is 2.39. The van der Waals surface area contributed by atoms with Crippen molar-refractivity contribution in [3.05, 3.63) is 77.0 Å². The minimum atomic E-state index is -0.358. The molecule has 0 radical (unpaired) electrons. The highest BCUT2D eigenvalue weighted by atomic mass is 35.5. The topological polar surface area (TPSA) is 94.5 Å². The number of hydrogen-bond donors (Lipinski definition) is 1. The number of hydrogen-bond acceptors (Lipinski definition) is 6. The highest BCUT2D eigenvalue weighted by Gasteiger charge is 2.35. The molecular formula is C29H34ClN5O4. The van der Waals surface area contributed by atoms with Crippen LogP contribution in [0.25, 0.3) is 10.9 Å². The molecule has 1 aliphatic rings. The SMILES string of the molecule is COCCOC(=O)N1CCc2c([nH]c3ccc(Cl)cc23)C1c1ccc(OCCCCCCn2cncn2)cc1. The number of aryl methyl sites for hydroxylation is 1. The molecule has 1 atom stereocenters. The van der Waals surface area contributed by atoms with Gasteiger partial charge in [0, 0.05) is 41.8 Å². The summed E-state index contributed by atoms with van der Waals surface area (Å²) in [6.45, 7) is 2.66. The van der Waals surface area contributed by atoms with E-state index in [2.05, 4.69) is 15.1 Å². The molecule has 0 aliphatic carbocycles. The molecule has 1 amide bonds. The number of benzene rings is 2. The first-order valence-electron chi connectivity index (χ1n) is 13.4. The van der Waals surface area contributed by atoms with Crippen LogP contribution in [-0.2, 0) is 22.4 Å². The van der Waals surface area contributed by atoms with Gasteiger partial charge in [0.25, 0.3) is 0 Å². The Morgan fingerprint density at radius 2 is 1.92 bits per heavy atom. The summed E-state index contributed by atoms with van der Waals surface area (Å²) in [5.74, 6) is 0.815. The zero-order valence-corrected chi connectivity index (χ0v) is 22.9. The molecule has 39 heavy (non-hydrogen) atoms.